The van der Waals surface area contributed by atoms with Gasteiger partial charge in [0.15, 0.2) is 0 Å². The Balaban J connectivity index is 3.58. The van der Waals surface area contributed by atoms with E-state index >= 15 is 0 Å². The van der Waals surface area contributed by atoms with Gasteiger partial charge in [-0.3, -0.25) is 0 Å². The lowest BCUT2D eigenvalue weighted by molar-refractivity contribution is -0.125. The predicted octanol–water partition coefficient (Wildman–Crippen LogP) is 1.50. The van der Waals surface area contributed by atoms with Gasteiger partial charge in [-0.25, -0.2) is 0 Å². The third-order valence-electron chi connectivity index (χ3n) is 2.31. The summed E-state index contributed by atoms with van der Waals surface area (Å²) >= 11 is 0. The molecule has 0 spiro atoms. The molecule has 0 aliphatic rings. The van der Waals surface area contributed by atoms with E-state index in [-0.39, 0.29) is 6.04 Å². The first-order chi connectivity index (χ1) is 7.37. The van der Waals surface area contributed by atoms with E-state index in [2.05, 4.69) is 5.32 Å². The van der Waals surface area contributed by atoms with Crippen molar-refractivity contribution in [3.63, 3.8) is 0 Å². The molecule has 0 aromatic rings. The smallest absolute Gasteiger partial charge is 0.380 e. The SMILES string of the molecule is CCOCCN(C)C(C)CNCC(F)(F)F. The average molecular weight is 242 g/mol. The fraction of sp³-hybridized carbons (Fsp3) is 1.00. The fourth-order valence-corrected chi connectivity index (χ4v) is 1.15. The van der Waals surface area contributed by atoms with Crippen molar-refractivity contribution in [2.45, 2.75) is 26.1 Å². The first-order valence-corrected chi connectivity index (χ1v) is 5.42. The van der Waals surface area contributed by atoms with Crippen LogP contribution in [-0.4, -0.2) is 57.0 Å². The lowest BCUT2D eigenvalue weighted by Crippen LogP contribution is -2.42. The van der Waals surface area contributed by atoms with E-state index in [1.165, 1.54) is 0 Å². The van der Waals surface area contributed by atoms with Crippen molar-refractivity contribution in [1.82, 2.24) is 10.2 Å². The van der Waals surface area contributed by atoms with Crippen LogP contribution in [0.25, 0.3) is 0 Å². The van der Waals surface area contributed by atoms with Crippen LogP contribution >= 0.6 is 0 Å². The molecule has 0 saturated heterocycles. The van der Waals surface area contributed by atoms with Gasteiger partial charge in [0.2, 0.25) is 0 Å². The van der Waals surface area contributed by atoms with Crippen molar-refractivity contribution in [3.05, 3.63) is 0 Å². The standard InChI is InChI=1S/C10H21F3N2O/c1-4-16-6-5-15(3)9(2)7-14-8-10(11,12)13/h9,14H,4-8H2,1-3H3. The van der Waals surface area contributed by atoms with Crippen molar-refractivity contribution in [2.75, 3.05) is 39.9 Å². The third-order valence-corrected chi connectivity index (χ3v) is 2.31. The summed E-state index contributed by atoms with van der Waals surface area (Å²) in [5, 5.41) is 2.39. The van der Waals surface area contributed by atoms with Gasteiger partial charge in [0.1, 0.15) is 0 Å². The largest absolute Gasteiger partial charge is 0.401 e. The fourth-order valence-electron chi connectivity index (χ4n) is 1.15. The molecule has 0 aliphatic heterocycles. The van der Waals surface area contributed by atoms with E-state index in [1.54, 1.807) is 0 Å². The second-order valence-electron chi connectivity index (χ2n) is 3.77. The zero-order valence-corrected chi connectivity index (χ0v) is 10.1. The van der Waals surface area contributed by atoms with E-state index in [9.17, 15) is 13.2 Å². The molecule has 0 saturated carbocycles. The molecule has 0 aromatic heterocycles. The summed E-state index contributed by atoms with van der Waals surface area (Å²) in [5.74, 6) is 0. The monoisotopic (exact) mass is 242 g/mol. The van der Waals surface area contributed by atoms with E-state index in [0.29, 0.717) is 19.8 Å². The Kier molecular flexibility index (Phi) is 7.70. The minimum absolute atomic E-state index is 0.0582. The molecule has 1 atom stereocenters. The van der Waals surface area contributed by atoms with Crippen LogP contribution in [0.5, 0.6) is 0 Å². The van der Waals surface area contributed by atoms with Gasteiger partial charge in [0.25, 0.3) is 0 Å². The molecule has 1 unspecified atom stereocenters. The molecular formula is C10H21F3N2O. The van der Waals surface area contributed by atoms with Gasteiger partial charge in [0.05, 0.1) is 13.2 Å². The van der Waals surface area contributed by atoms with Gasteiger partial charge in [-0.05, 0) is 20.9 Å². The lowest BCUT2D eigenvalue weighted by atomic mass is 10.3. The van der Waals surface area contributed by atoms with E-state index < -0.39 is 12.7 Å². The summed E-state index contributed by atoms with van der Waals surface area (Å²) < 4.78 is 40.7. The van der Waals surface area contributed by atoms with E-state index in [0.717, 1.165) is 6.54 Å². The summed E-state index contributed by atoms with van der Waals surface area (Å²) in [7, 11) is 1.87. The highest BCUT2D eigenvalue weighted by Crippen LogP contribution is 2.12. The number of likely N-dealkylation sites (N-methyl/N-ethyl adjacent to an activating group) is 1. The number of hydrogen-bond acceptors (Lipinski definition) is 3. The second-order valence-corrected chi connectivity index (χ2v) is 3.77. The molecular weight excluding hydrogens is 221 g/mol. The van der Waals surface area contributed by atoms with Gasteiger partial charge in [0, 0.05) is 25.7 Å². The van der Waals surface area contributed by atoms with Gasteiger partial charge >= 0.3 is 6.18 Å². The van der Waals surface area contributed by atoms with Crippen molar-refractivity contribution in [1.29, 1.82) is 0 Å². The van der Waals surface area contributed by atoms with E-state index in [4.69, 9.17) is 4.74 Å². The Morgan fingerprint density at radius 1 is 1.38 bits per heavy atom. The maximum atomic E-state index is 11.9. The topological polar surface area (TPSA) is 24.5 Å². The first-order valence-electron chi connectivity index (χ1n) is 5.42. The molecule has 16 heavy (non-hydrogen) atoms. The summed E-state index contributed by atoms with van der Waals surface area (Å²) in [6.07, 6.45) is -4.14. The summed E-state index contributed by atoms with van der Waals surface area (Å²) in [6.45, 7) is 5.18. The average Bonchev–Trinajstić information content (AvgIpc) is 2.15. The highest BCUT2D eigenvalue weighted by Gasteiger charge is 2.26. The van der Waals surface area contributed by atoms with Crippen molar-refractivity contribution < 1.29 is 17.9 Å². The molecule has 0 bridgehead atoms. The molecule has 0 heterocycles. The highest BCUT2D eigenvalue weighted by atomic mass is 19.4. The third kappa shape index (κ3) is 8.94. The molecule has 6 heteroatoms. The number of ether oxygens (including phenoxy) is 1. The lowest BCUT2D eigenvalue weighted by Gasteiger charge is -2.25. The molecule has 1 N–H and O–H groups in total. The van der Waals surface area contributed by atoms with Crippen molar-refractivity contribution in [3.8, 4) is 0 Å². The Hall–Kier alpha value is -0.330. The minimum Gasteiger partial charge on any atom is -0.380 e. The number of hydrogen-bond donors (Lipinski definition) is 1. The number of rotatable bonds is 8. The molecule has 0 fully saturated rings. The Morgan fingerprint density at radius 3 is 2.50 bits per heavy atom. The predicted molar refractivity (Wildman–Crippen MR) is 57.5 cm³/mol. The Bertz CT molecular complexity index is 176. The molecule has 0 rings (SSSR count). The number of nitrogens with zero attached hydrogens (tertiary/aromatic N) is 1. The van der Waals surface area contributed by atoms with Gasteiger partial charge in [-0.15, -0.1) is 0 Å². The molecule has 0 aromatic carbocycles. The molecule has 0 radical (unpaired) electrons. The molecule has 0 aliphatic carbocycles. The van der Waals surface area contributed by atoms with Gasteiger partial charge in [-0.1, -0.05) is 0 Å². The van der Waals surface area contributed by atoms with E-state index in [1.807, 2.05) is 25.8 Å². The molecule has 0 amide bonds. The summed E-state index contributed by atoms with van der Waals surface area (Å²) in [6, 6.07) is 0.0582. The maximum absolute atomic E-state index is 11.9. The zero-order valence-electron chi connectivity index (χ0n) is 10.1. The summed E-state index contributed by atoms with van der Waals surface area (Å²) in [4.78, 5) is 1.97. The van der Waals surface area contributed by atoms with Crippen LogP contribution in [-0.2, 0) is 4.74 Å². The first kappa shape index (κ1) is 15.7. The van der Waals surface area contributed by atoms with Crippen LogP contribution in [0.2, 0.25) is 0 Å². The number of nitrogens with one attached hydrogen (secondary N) is 1. The van der Waals surface area contributed by atoms with Crippen LogP contribution in [0.15, 0.2) is 0 Å². The second kappa shape index (κ2) is 7.86. The normalized spacial score (nSPS) is 14.4. The summed E-state index contributed by atoms with van der Waals surface area (Å²) in [5.41, 5.74) is 0. The zero-order chi connectivity index (χ0) is 12.6. The molecule has 3 nitrogen and oxygen atoms in total. The van der Waals surface area contributed by atoms with Crippen LogP contribution in [0.1, 0.15) is 13.8 Å². The van der Waals surface area contributed by atoms with Crippen molar-refractivity contribution in [2.24, 2.45) is 0 Å². The van der Waals surface area contributed by atoms with Crippen LogP contribution in [0, 0.1) is 0 Å². The molecule has 98 valence electrons. The number of halogens is 3. The van der Waals surface area contributed by atoms with Crippen LogP contribution < -0.4 is 5.32 Å². The Labute approximate surface area is 94.9 Å². The quantitative estimate of drug-likeness (QED) is 0.653. The highest BCUT2D eigenvalue weighted by molar-refractivity contribution is 4.67. The maximum Gasteiger partial charge on any atom is 0.401 e. The van der Waals surface area contributed by atoms with Crippen LogP contribution in [0.4, 0.5) is 13.2 Å². The minimum atomic E-state index is -4.14. The van der Waals surface area contributed by atoms with Crippen LogP contribution in [0.3, 0.4) is 0 Å². The van der Waals surface area contributed by atoms with Crippen molar-refractivity contribution >= 4 is 0 Å². The Morgan fingerprint density at radius 2 is 2.00 bits per heavy atom. The van der Waals surface area contributed by atoms with Gasteiger partial charge in [-0.2, -0.15) is 13.2 Å². The number of alkyl halides is 3. The van der Waals surface area contributed by atoms with Gasteiger partial charge < -0.3 is 15.0 Å².